The van der Waals surface area contributed by atoms with Crippen molar-refractivity contribution < 1.29 is 13.0 Å². The smallest absolute Gasteiger partial charge is 0.282 e. The van der Waals surface area contributed by atoms with Crippen LogP contribution in [0.5, 0.6) is 0 Å². The van der Waals surface area contributed by atoms with E-state index >= 15 is 0 Å². The summed E-state index contributed by atoms with van der Waals surface area (Å²) in [5.74, 6) is 0. The van der Waals surface area contributed by atoms with Crippen molar-refractivity contribution in [3.8, 4) is 0 Å². The van der Waals surface area contributed by atoms with Gasteiger partial charge in [-0.05, 0) is 18.4 Å². The molecule has 0 aliphatic rings. The maximum absolute atomic E-state index is 11.0. The Morgan fingerprint density at radius 1 is 0.762 bits per heavy atom. The van der Waals surface area contributed by atoms with Crippen LogP contribution < -0.4 is 0 Å². The molecule has 3 aromatic carbocycles. The van der Waals surface area contributed by atoms with Crippen LogP contribution in [-0.4, -0.2) is 13.0 Å². The summed E-state index contributed by atoms with van der Waals surface area (Å²) >= 11 is 0. The van der Waals surface area contributed by atoms with Crippen LogP contribution >= 0.6 is 0 Å². The van der Waals surface area contributed by atoms with Crippen LogP contribution in [0.4, 0.5) is 0 Å². The predicted octanol–water partition coefficient (Wildman–Crippen LogP) is 4.08. The molecule has 0 saturated carbocycles. The van der Waals surface area contributed by atoms with E-state index in [0.717, 1.165) is 5.39 Å². The van der Waals surface area contributed by atoms with Gasteiger partial charge in [-0.1, -0.05) is 72.3 Å². The number of hydrogen-bond acceptors (Lipinski definition) is 2. The second-order valence-electron chi connectivity index (χ2n) is 4.61. The van der Waals surface area contributed by atoms with E-state index in [1.54, 1.807) is 30.3 Å². The monoisotopic (exact) mass is 300 g/mol. The maximum Gasteiger partial charge on any atom is 0.295 e. The average molecular weight is 300 g/mol. The Bertz CT molecular complexity index is 820. The van der Waals surface area contributed by atoms with E-state index < -0.39 is 10.1 Å². The molecule has 3 rings (SSSR count). The Balaban J connectivity index is 0.000000194. The Labute approximate surface area is 124 Å². The zero-order valence-electron chi connectivity index (χ0n) is 11.6. The first-order valence-corrected chi connectivity index (χ1v) is 7.89. The first kappa shape index (κ1) is 15.2. The topological polar surface area (TPSA) is 54.4 Å². The molecule has 0 unspecified atom stereocenters. The van der Waals surface area contributed by atoms with Crippen molar-refractivity contribution in [1.29, 1.82) is 0 Å². The van der Waals surface area contributed by atoms with E-state index in [4.69, 9.17) is 4.55 Å². The molecule has 21 heavy (non-hydrogen) atoms. The van der Waals surface area contributed by atoms with E-state index in [-0.39, 0.29) is 4.90 Å². The Kier molecular flexibility index (Phi) is 4.73. The van der Waals surface area contributed by atoms with Crippen LogP contribution in [0.1, 0.15) is 5.56 Å². The van der Waals surface area contributed by atoms with Crippen LogP contribution in [0.25, 0.3) is 10.8 Å². The molecule has 0 spiro atoms. The van der Waals surface area contributed by atoms with Crippen molar-refractivity contribution in [3.63, 3.8) is 0 Å². The summed E-state index contributed by atoms with van der Waals surface area (Å²) in [4.78, 5) is -0.0457. The van der Waals surface area contributed by atoms with Gasteiger partial charge in [0, 0.05) is 5.39 Å². The largest absolute Gasteiger partial charge is 0.295 e. The van der Waals surface area contributed by atoms with Crippen molar-refractivity contribution in [1.82, 2.24) is 0 Å². The van der Waals surface area contributed by atoms with Crippen LogP contribution in [0.3, 0.4) is 0 Å². The molecule has 0 aliphatic heterocycles. The van der Waals surface area contributed by atoms with Crippen LogP contribution in [0.15, 0.2) is 77.7 Å². The van der Waals surface area contributed by atoms with Gasteiger partial charge in [-0.15, -0.1) is 0 Å². The average Bonchev–Trinajstić information content (AvgIpc) is 2.47. The Morgan fingerprint density at radius 3 is 1.90 bits per heavy atom. The molecule has 0 aromatic heterocycles. The summed E-state index contributed by atoms with van der Waals surface area (Å²) in [6.45, 7) is 2.08. The molecule has 1 N–H and O–H groups in total. The van der Waals surface area contributed by atoms with Gasteiger partial charge >= 0.3 is 0 Å². The van der Waals surface area contributed by atoms with E-state index in [2.05, 4.69) is 19.1 Å². The lowest BCUT2D eigenvalue weighted by Gasteiger charge is -2.02. The molecule has 108 valence electrons. The molecule has 0 aliphatic carbocycles. The SMILES string of the molecule is Cc1ccccc1.O=S(=O)(O)c1cccc2ccccc12. The number of benzene rings is 3. The highest BCUT2D eigenvalue weighted by Gasteiger charge is 2.12. The van der Waals surface area contributed by atoms with E-state index in [0.29, 0.717) is 5.39 Å². The molecule has 0 atom stereocenters. The van der Waals surface area contributed by atoms with Crippen molar-refractivity contribution in [2.75, 3.05) is 0 Å². The molecule has 0 heterocycles. The van der Waals surface area contributed by atoms with Gasteiger partial charge in [0.25, 0.3) is 10.1 Å². The third-order valence-electron chi connectivity index (χ3n) is 2.97. The zero-order chi connectivity index (χ0) is 15.3. The highest BCUT2D eigenvalue weighted by molar-refractivity contribution is 7.86. The van der Waals surface area contributed by atoms with Crippen molar-refractivity contribution in [2.24, 2.45) is 0 Å². The highest BCUT2D eigenvalue weighted by Crippen LogP contribution is 2.21. The predicted molar refractivity (Wildman–Crippen MR) is 84.9 cm³/mol. The molecule has 0 bridgehead atoms. The minimum Gasteiger partial charge on any atom is -0.282 e. The molecule has 3 nitrogen and oxygen atoms in total. The van der Waals surface area contributed by atoms with Gasteiger partial charge in [-0.3, -0.25) is 4.55 Å². The molecule has 0 amide bonds. The lowest BCUT2D eigenvalue weighted by atomic mass is 10.1. The second kappa shape index (κ2) is 6.52. The fourth-order valence-electron chi connectivity index (χ4n) is 1.96. The van der Waals surface area contributed by atoms with Crippen LogP contribution in [0.2, 0.25) is 0 Å². The minimum atomic E-state index is -4.13. The van der Waals surface area contributed by atoms with E-state index in [1.165, 1.54) is 11.6 Å². The quantitative estimate of drug-likeness (QED) is 0.689. The maximum atomic E-state index is 11.0. The number of aryl methyl sites for hydroxylation is 1. The fraction of sp³-hybridized carbons (Fsp3) is 0.0588. The Hall–Kier alpha value is -2.17. The number of fused-ring (bicyclic) bond motifs is 1. The first-order chi connectivity index (χ1) is 9.98. The lowest BCUT2D eigenvalue weighted by molar-refractivity contribution is 0.484. The van der Waals surface area contributed by atoms with Gasteiger partial charge in [-0.25, -0.2) is 0 Å². The molecule has 0 radical (unpaired) electrons. The van der Waals surface area contributed by atoms with Gasteiger partial charge in [0.05, 0.1) is 0 Å². The molecule has 0 fully saturated rings. The third kappa shape index (κ3) is 4.15. The molecular weight excluding hydrogens is 284 g/mol. The summed E-state index contributed by atoms with van der Waals surface area (Å²) < 4.78 is 31.0. The fourth-order valence-corrected chi connectivity index (χ4v) is 2.67. The molecule has 4 heteroatoms. The van der Waals surface area contributed by atoms with E-state index in [1.807, 2.05) is 24.3 Å². The Morgan fingerprint density at radius 2 is 1.33 bits per heavy atom. The van der Waals surface area contributed by atoms with Crippen molar-refractivity contribution >= 4 is 20.9 Å². The number of hydrogen-bond donors (Lipinski definition) is 1. The normalized spacial score (nSPS) is 10.8. The van der Waals surface area contributed by atoms with Gasteiger partial charge in [0.15, 0.2) is 0 Å². The third-order valence-corrected chi connectivity index (χ3v) is 3.88. The second-order valence-corrected chi connectivity index (χ2v) is 6.00. The molecular formula is C17H16O3S. The van der Waals surface area contributed by atoms with Gasteiger partial charge in [0.2, 0.25) is 0 Å². The summed E-state index contributed by atoms with van der Waals surface area (Å²) in [6.07, 6.45) is 0. The van der Waals surface area contributed by atoms with Gasteiger partial charge in [0.1, 0.15) is 4.90 Å². The first-order valence-electron chi connectivity index (χ1n) is 6.45. The number of rotatable bonds is 1. The van der Waals surface area contributed by atoms with Crippen LogP contribution in [-0.2, 0) is 10.1 Å². The summed E-state index contributed by atoms with van der Waals surface area (Å²) in [5.41, 5.74) is 1.32. The highest BCUT2D eigenvalue weighted by atomic mass is 32.2. The van der Waals surface area contributed by atoms with Crippen molar-refractivity contribution in [2.45, 2.75) is 11.8 Å². The summed E-state index contributed by atoms with van der Waals surface area (Å²) in [5, 5.41) is 1.33. The van der Waals surface area contributed by atoms with E-state index in [9.17, 15) is 8.42 Å². The lowest BCUT2D eigenvalue weighted by Crippen LogP contribution is -1.98. The standard InChI is InChI=1S/C10H8O3S.C7H8/c11-14(12,13)10-7-3-5-8-4-1-2-6-9(8)10;1-7-5-3-2-4-6-7/h1-7H,(H,11,12,13);2-6H,1H3. The van der Waals surface area contributed by atoms with Gasteiger partial charge < -0.3 is 0 Å². The minimum absolute atomic E-state index is 0.0457. The molecule has 3 aromatic rings. The summed E-state index contributed by atoms with van der Waals surface area (Å²) in [7, 11) is -4.13. The molecule has 0 saturated heterocycles. The zero-order valence-corrected chi connectivity index (χ0v) is 12.4. The summed E-state index contributed by atoms with van der Waals surface area (Å²) in [6, 6.07) is 22.1. The van der Waals surface area contributed by atoms with Crippen molar-refractivity contribution in [3.05, 3.63) is 78.4 Å². The van der Waals surface area contributed by atoms with Crippen LogP contribution in [0, 0.1) is 6.92 Å². The van der Waals surface area contributed by atoms with Gasteiger partial charge in [-0.2, -0.15) is 8.42 Å².